The van der Waals surface area contributed by atoms with E-state index in [1.807, 2.05) is 0 Å². The predicted molar refractivity (Wildman–Crippen MR) is 46.4 cm³/mol. The van der Waals surface area contributed by atoms with Gasteiger partial charge in [-0.05, 0) is 12.1 Å². The molecule has 4 heteroatoms. The molecule has 1 aromatic carbocycles. The van der Waals surface area contributed by atoms with Gasteiger partial charge in [0.1, 0.15) is 5.82 Å². The Bertz CT molecular complexity index is 337. The van der Waals surface area contributed by atoms with Crippen LogP contribution < -0.4 is 0 Å². The van der Waals surface area contributed by atoms with Gasteiger partial charge in [0.25, 0.3) is 5.92 Å². The third kappa shape index (κ3) is 2.49. The molecule has 0 radical (unpaired) electrons. The SMILES string of the molecule is [C-]#[N+]CCC(F)(F)c1ccc(F)cc1. The first kappa shape index (κ1) is 10.6. The minimum absolute atomic E-state index is 0.232. The van der Waals surface area contributed by atoms with E-state index >= 15 is 0 Å². The molecule has 0 heterocycles. The average molecular weight is 199 g/mol. The monoisotopic (exact) mass is 199 g/mol. The van der Waals surface area contributed by atoms with Crippen LogP contribution in [0.25, 0.3) is 4.85 Å². The Morgan fingerprint density at radius 1 is 1.21 bits per heavy atom. The van der Waals surface area contributed by atoms with Crippen molar-refractivity contribution in [3.8, 4) is 0 Å². The number of benzene rings is 1. The fraction of sp³-hybridized carbons (Fsp3) is 0.300. The molecule has 0 aliphatic carbocycles. The first-order valence-corrected chi connectivity index (χ1v) is 4.03. The molecule has 0 unspecified atom stereocenters. The van der Waals surface area contributed by atoms with Crippen molar-refractivity contribution in [3.63, 3.8) is 0 Å². The van der Waals surface area contributed by atoms with Crippen LogP contribution in [0.3, 0.4) is 0 Å². The van der Waals surface area contributed by atoms with Crippen molar-refractivity contribution in [3.05, 3.63) is 47.1 Å². The van der Waals surface area contributed by atoms with Crippen LogP contribution in [-0.2, 0) is 5.92 Å². The first-order chi connectivity index (χ1) is 6.56. The van der Waals surface area contributed by atoms with Gasteiger partial charge in [0.05, 0.1) is 6.42 Å². The summed E-state index contributed by atoms with van der Waals surface area (Å²) >= 11 is 0. The van der Waals surface area contributed by atoms with Crippen LogP contribution in [0, 0.1) is 12.4 Å². The van der Waals surface area contributed by atoms with E-state index in [4.69, 9.17) is 6.57 Å². The number of rotatable bonds is 3. The van der Waals surface area contributed by atoms with Crippen molar-refractivity contribution in [1.29, 1.82) is 0 Å². The summed E-state index contributed by atoms with van der Waals surface area (Å²) in [5.41, 5.74) is -0.248. The fourth-order valence-electron chi connectivity index (χ4n) is 1.03. The molecule has 0 bridgehead atoms. The highest BCUT2D eigenvalue weighted by atomic mass is 19.3. The number of hydrogen-bond donors (Lipinski definition) is 0. The van der Waals surface area contributed by atoms with E-state index in [0.29, 0.717) is 0 Å². The average Bonchev–Trinajstić information content (AvgIpc) is 2.16. The lowest BCUT2D eigenvalue weighted by Gasteiger charge is -2.13. The molecule has 0 aromatic heterocycles. The summed E-state index contributed by atoms with van der Waals surface area (Å²) in [5, 5.41) is 0. The second kappa shape index (κ2) is 4.14. The van der Waals surface area contributed by atoms with Crippen LogP contribution in [0.2, 0.25) is 0 Å². The Kier molecular flexibility index (Phi) is 3.13. The fourth-order valence-corrected chi connectivity index (χ4v) is 1.03. The van der Waals surface area contributed by atoms with Crippen LogP contribution in [0.5, 0.6) is 0 Å². The summed E-state index contributed by atoms with van der Waals surface area (Å²) in [5.74, 6) is -3.59. The molecule has 1 nitrogen and oxygen atoms in total. The summed E-state index contributed by atoms with van der Waals surface area (Å²) in [6.45, 7) is 6.18. The van der Waals surface area contributed by atoms with Crippen molar-refractivity contribution in [2.75, 3.05) is 6.54 Å². The first-order valence-electron chi connectivity index (χ1n) is 4.03. The molecule has 0 amide bonds. The van der Waals surface area contributed by atoms with Crippen molar-refractivity contribution >= 4 is 0 Å². The molecule has 0 N–H and O–H groups in total. The van der Waals surface area contributed by atoms with E-state index in [2.05, 4.69) is 4.85 Å². The Labute approximate surface area is 80.0 Å². The molecule has 0 aliphatic rings. The highest BCUT2D eigenvalue weighted by Gasteiger charge is 2.32. The zero-order valence-electron chi connectivity index (χ0n) is 7.30. The largest absolute Gasteiger partial charge is 0.317 e. The minimum Gasteiger partial charge on any atom is -0.317 e. The van der Waals surface area contributed by atoms with Gasteiger partial charge in [-0.2, -0.15) is 0 Å². The summed E-state index contributed by atoms with van der Waals surface area (Å²) in [6.07, 6.45) is -0.526. The minimum atomic E-state index is -3.04. The molecular formula is C10H8F3N. The van der Waals surface area contributed by atoms with Gasteiger partial charge < -0.3 is 4.85 Å². The topological polar surface area (TPSA) is 4.36 Å². The lowest BCUT2D eigenvalue weighted by molar-refractivity contribution is -0.00897. The Balaban J connectivity index is 2.82. The van der Waals surface area contributed by atoms with E-state index in [0.717, 1.165) is 24.3 Å². The number of alkyl halides is 2. The molecule has 74 valence electrons. The highest BCUT2D eigenvalue weighted by molar-refractivity contribution is 5.20. The van der Waals surface area contributed by atoms with Crippen molar-refractivity contribution in [1.82, 2.24) is 0 Å². The number of halogens is 3. The molecule has 0 fully saturated rings. The third-order valence-corrected chi connectivity index (χ3v) is 1.80. The van der Waals surface area contributed by atoms with Crippen LogP contribution in [-0.4, -0.2) is 6.54 Å². The zero-order valence-corrected chi connectivity index (χ0v) is 7.30. The predicted octanol–water partition coefficient (Wildman–Crippen LogP) is 3.23. The van der Waals surface area contributed by atoms with Crippen molar-refractivity contribution in [2.45, 2.75) is 12.3 Å². The van der Waals surface area contributed by atoms with Gasteiger partial charge >= 0.3 is 0 Å². The quantitative estimate of drug-likeness (QED) is 0.658. The number of hydrogen-bond acceptors (Lipinski definition) is 0. The van der Waals surface area contributed by atoms with E-state index < -0.39 is 18.2 Å². The molecule has 14 heavy (non-hydrogen) atoms. The van der Waals surface area contributed by atoms with Crippen LogP contribution >= 0.6 is 0 Å². The molecular weight excluding hydrogens is 191 g/mol. The van der Waals surface area contributed by atoms with Gasteiger partial charge in [-0.25, -0.2) is 19.7 Å². The lowest BCUT2D eigenvalue weighted by atomic mass is 10.1. The Morgan fingerprint density at radius 2 is 1.79 bits per heavy atom. The van der Waals surface area contributed by atoms with Gasteiger partial charge in [0, 0.05) is 5.56 Å². The lowest BCUT2D eigenvalue weighted by Crippen LogP contribution is -2.14. The van der Waals surface area contributed by atoms with Crippen molar-refractivity contribution < 1.29 is 13.2 Å². The number of nitrogens with zero attached hydrogens (tertiary/aromatic N) is 1. The molecule has 0 saturated heterocycles. The van der Waals surface area contributed by atoms with E-state index in [1.165, 1.54) is 0 Å². The second-order valence-corrected chi connectivity index (χ2v) is 2.84. The zero-order chi connectivity index (χ0) is 10.6. The van der Waals surface area contributed by atoms with E-state index in [-0.39, 0.29) is 12.1 Å². The summed E-state index contributed by atoms with van der Waals surface area (Å²) < 4.78 is 38.9. The summed E-state index contributed by atoms with van der Waals surface area (Å²) in [4.78, 5) is 2.86. The van der Waals surface area contributed by atoms with E-state index in [9.17, 15) is 13.2 Å². The standard InChI is InChI=1S/C10H8F3N/c1-14-7-6-10(12,13)8-2-4-9(11)5-3-8/h2-5H,6-7H2. The second-order valence-electron chi connectivity index (χ2n) is 2.84. The molecule has 0 atom stereocenters. The maximum atomic E-state index is 13.2. The molecule has 1 aromatic rings. The van der Waals surface area contributed by atoms with E-state index in [1.54, 1.807) is 0 Å². The molecule has 1 rings (SSSR count). The third-order valence-electron chi connectivity index (χ3n) is 1.80. The van der Waals surface area contributed by atoms with Crippen LogP contribution in [0.4, 0.5) is 13.2 Å². The summed E-state index contributed by atoms with van der Waals surface area (Å²) in [6, 6.07) is 4.06. The van der Waals surface area contributed by atoms with Crippen LogP contribution in [0.1, 0.15) is 12.0 Å². The van der Waals surface area contributed by atoms with Gasteiger partial charge in [-0.15, -0.1) is 0 Å². The highest BCUT2D eigenvalue weighted by Crippen LogP contribution is 2.31. The van der Waals surface area contributed by atoms with Crippen LogP contribution in [0.15, 0.2) is 24.3 Å². The van der Waals surface area contributed by atoms with Gasteiger partial charge in [0.2, 0.25) is 6.54 Å². The molecule has 0 spiro atoms. The van der Waals surface area contributed by atoms with Gasteiger partial charge in [-0.1, -0.05) is 12.1 Å². The Morgan fingerprint density at radius 3 is 2.29 bits per heavy atom. The van der Waals surface area contributed by atoms with Gasteiger partial charge in [-0.3, -0.25) is 0 Å². The maximum Gasteiger partial charge on any atom is 0.280 e. The normalized spacial score (nSPS) is 11.0. The molecule has 0 saturated carbocycles. The van der Waals surface area contributed by atoms with Gasteiger partial charge in [0.15, 0.2) is 0 Å². The smallest absolute Gasteiger partial charge is 0.280 e. The summed E-state index contributed by atoms with van der Waals surface area (Å²) in [7, 11) is 0. The molecule has 0 aliphatic heterocycles. The van der Waals surface area contributed by atoms with Crippen molar-refractivity contribution in [2.24, 2.45) is 0 Å². The Hall–Kier alpha value is -1.50. The maximum absolute atomic E-state index is 13.2.